The van der Waals surface area contributed by atoms with Crippen molar-refractivity contribution in [3.8, 4) is 22.9 Å². The largest absolute Gasteiger partial charge is 0.493 e. The van der Waals surface area contributed by atoms with Gasteiger partial charge in [0, 0.05) is 12.0 Å². The van der Waals surface area contributed by atoms with E-state index in [2.05, 4.69) is 36.0 Å². The summed E-state index contributed by atoms with van der Waals surface area (Å²) in [6.45, 7) is 4.51. The van der Waals surface area contributed by atoms with Crippen LogP contribution >= 0.6 is 0 Å². The molecule has 244 valence electrons. The molecule has 44 heavy (non-hydrogen) atoms. The van der Waals surface area contributed by atoms with Crippen LogP contribution in [-0.2, 0) is 0 Å². The van der Waals surface area contributed by atoms with Crippen LogP contribution in [0.3, 0.4) is 0 Å². The summed E-state index contributed by atoms with van der Waals surface area (Å²) in [7, 11) is 0. The first-order chi connectivity index (χ1) is 20.5. The second-order valence-corrected chi connectivity index (χ2v) is 11.1. The zero-order valence-electron chi connectivity index (χ0n) is 24.4. The Labute approximate surface area is 250 Å². The molecule has 2 aromatic rings. The first-order valence-corrected chi connectivity index (χ1v) is 14.2. The Bertz CT molecular complexity index is 1250. The monoisotopic (exact) mass is 638 g/mol. The predicted molar refractivity (Wildman–Crippen MR) is 147 cm³/mol. The topological polar surface area (TPSA) is 44.2 Å². The molecule has 13 heteroatoms. The number of nitrogens with zero attached hydrogens (tertiary/aromatic N) is 2. The average Bonchev–Trinajstić information content (AvgIpc) is 2.96. The molecule has 1 aliphatic carbocycles. The van der Waals surface area contributed by atoms with Gasteiger partial charge in [0.05, 0.1) is 25.6 Å². The lowest BCUT2D eigenvalue weighted by atomic mass is 9.88. The van der Waals surface area contributed by atoms with Gasteiger partial charge in [0.2, 0.25) is 0 Å². The van der Waals surface area contributed by atoms with E-state index in [1.807, 2.05) is 0 Å². The maximum atomic E-state index is 13.6. The molecule has 0 radical (unpaired) electrons. The summed E-state index contributed by atoms with van der Waals surface area (Å²) < 4.78 is 128. The molecular formula is C31H35F9N2O2. The molecule has 0 N–H and O–H groups in total. The number of halogens is 9. The molecule has 1 aromatic heterocycles. The molecule has 0 bridgehead atoms. The number of unbranched alkanes of at least 4 members (excludes halogenated alkanes) is 1. The highest BCUT2D eigenvalue weighted by Crippen LogP contribution is 2.54. The molecule has 0 aliphatic heterocycles. The van der Waals surface area contributed by atoms with Crippen molar-refractivity contribution in [1.29, 1.82) is 0 Å². The zero-order chi connectivity index (χ0) is 32.6. The second kappa shape index (κ2) is 14.7. The molecule has 1 heterocycles. The number of rotatable bonds is 15. The van der Waals surface area contributed by atoms with E-state index >= 15 is 0 Å². The quantitative estimate of drug-likeness (QED) is 0.111. The number of benzene rings is 1. The Hall–Kier alpha value is -3.25. The zero-order valence-corrected chi connectivity index (χ0v) is 24.4. The van der Waals surface area contributed by atoms with Crippen LogP contribution in [0.1, 0.15) is 65.2 Å². The van der Waals surface area contributed by atoms with Gasteiger partial charge < -0.3 is 9.47 Å². The minimum Gasteiger partial charge on any atom is -0.493 e. The van der Waals surface area contributed by atoms with Crippen molar-refractivity contribution in [3.63, 3.8) is 0 Å². The van der Waals surface area contributed by atoms with E-state index in [0.717, 1.165) is 32.1 Å². The van der Waals surface area contributed by atoms with Crippen LogP contribution in [-0.4, -0.2) is 47.1 Å². The number of alkyl halides is 9. The van der Waals surface area contributed by atoms with Crippen LogP contribution in [0.4, 0.5) is 39.5 Å². The second-order valence-electron chi connectivity index (χ2n) is 11.1. The molecule has 1 atom stereocenters. The molecule has 1 aromatic carbocycles. The average molecular weight is 639 g/mol. The third-order valence-electron chi connectivity index (χ3n) is 7.22. The maximum Gasteiger partial charge on any atom is 0.460 e. The van der Waals surface area contributed by atoms with Gasteiger partial charge in [0.15, 0.2) is 11.6 Å². The van der Waals surface area contributed by atoms with E-state index in [9.17, 15) is 39.5 Å². The van der Waals surface area contributed by atoms with E-state index < -0.39 is 36.8 Å². The van der Waals surface area contributed by atoms with Crippen molar-refractivity contribution in [3.05, 3.63) is 60.0 Å². The van der Waals surface area contributed by atoms with Gasteiger partial charge in [-0.25, -0.2) is 9.97 Å². The Morgan fingerprint density at radius 1 is 0.864 bits per heavy atom. The predicted octanol–water partition coefficient (Wildman–Crippen LogP) is 10.0. The number of hydrogen-bond donors (Lipinski definition) is 0. The van der Waals surface area contributed by atoms with Gasteiger partial charge in [-0.15, -0.1) is 0 Å². The summed E-state index contributed by atoms with van der Waals surface area (Å²) in [4.78, 5) is 8.32. The van der Waals surface area contributed by atoms with Crippen LogP contribution in [0.2, 0.25) is 0 Å². The van der Waals surface area contributed by atoms with Crippen LogP contribution in [0.5, 0.6) is 11.5 Å². The third kappa shape index (κ3) is 9.13. The number of ether oxygens (including phenoxy) is 2. The maximum absolute atomic E-state index is 13.6. The number of hydrogen-bond acceptors (Lipinski definition) is 4. The summed E-state index contributed by atoms with van der Waals surface area (Å²) in [5.41, 5.74) is 3.52. The molecule has 0 spiro atoms. The van der Waals surface area contributed by atoms with E-state index in [0.29, 0.717) is 29.7 Å². The first kappa shape index (κ1) is 35.2. The van der Waals surface area contributed by atoms with Gasteiger partial charge in [0.25, 0.3) is 0 Å². The summed E-state index contributed by atoms with van der Waals surface area (Å²) >= 11 is 0. The highest BCUT2D eigenvalue weighted by molar-refractivity contribution is 5.56. The summed E-state index contributed by atoms with van der Waals surface area (Å²) in [5, 5.41) is 0. The molecule has 4 nitrogen and oxygen atoms in total. The van der Waals surface area contributed by atoms with Gasteiger partial charge in [-0.05, 0) is 89.0 Å². The summed E-state index contributed by atoms with van der Waals surface area (Å²) in [5.74, 6) is -17.4. The fraction of sp³-hybridized carbons (Fsp3) is 0.548. The molecule has 0 saturated heterocycles. The first-order valence-electron chi connectivity index (χ1n) is 14.2. The molecular weight excluding hydrogens is 603 g/mol. The van der Waals surface area contributed by atoms with Crippen LogP contribution in [0.25, 0.3) is 11.4 Å². The molecule has 1 aliphatic rings. The van der Waals surface area contributed by atoms with Crippen molar-refractivity contribution >= 4 is 0 Å². The lowest BCUT2D eigenvalue weighted by molar-refractivity contribution is -0.396. The minimum absolute atomic E-state index is 0.121. The standard InChI is InChI=1S/C31H35F9N2O2/c1-21(2)6-5-7-22-8-10-23(11-9-22)20-44-25-14-12-24(13-15-25)27-41-18-26(19-42-27)43-17-4-3-16-28(32,33)29(34,35)30(36,37)31(38,39)40/h6,8,12-15,18-19,23H,3-5,7,9-11,16-17,20H2,1-2H3. The SMILES string of the molecule is CC(C)=CCCC1=CCC(COc2ccc(-c3ncc(OCCCCC(F)(F)C(F)(F)C(F)(F)C(F)(F)F)cn3)cc2)CC1. The molecule has 3 rings (SSSR count). The van der Waals surface area contributed by atoms with Crippen molar-refractivity contribution in [2.24, 2.45) is 5.92 Å². The lowest BCUT2D eigenvalue weighted by Crippen LogP contribution is -2.60. The van der Waals surface area contributed by atoms with Gasteiger partial charge in [-0.1, -0.05) is 23.3 Å². The van der Waals surface area contributed by atoms with Crippen molar-refractivity contribution < 1.29 is 49.0 Å². The lowest BCUT2D eigenvalue weighted by Gasteiger charge is -2.33. The van der Waals surface area contributed by atoms with Gasteiger partial charge in [0.1, 0.15) is 5.75 Å². The van der Waals surface area contributed by atoms with Gasteiger partial charge in [-0.2, -0.15) is 39.5 Å². The normalized spacial score (nSPS) is 16.3. The Kier molecular flexibility index (Phi) is 11.8. The van der Waals surface area contributed by atoms with E-state index in [-0.39, 0.29) is 18.8 Å². The van der Waals surface area contributed by atoms with Crippen molar-refractivity contribution in [2.75, 3.05) is 13.2 Å². The fourth-order valence-electron chi connectivity index (χ4n) is 4.53. The molecule has 0 saturated carbocycles. The Balaban J connectivity index is 1.40. The Morgan fingerprint density at radius 2 is 1.52 bits per heavy atom. The number of aromatic nitrogens is 2. The van der Waals surface area contributed by atoms with E-state index in [4.69, 9.17) is 9.47 Å². The molecule has 0 amide bonds. The summed E-state index contributed by atoms with van der Waals surface area (Å²) in [6.07, 6.45) is 2.69. The molecule has 1 unspecified atom stereocenters. The van der Waals surface area contributed by atoms with Crippen LogP contribution < -0.4 is 9.47 Å². The van der Waals surface area contributed by atoms with Crippen LogP contribution in [0.15, 0.2) is 60.0 Å². The van der Waals surface area contributed by atoms with E-state index in [1.54, 1.807) is 24.3 Å². The van der Waals surface area contributed by atoms with Crippen LogP contribution in [0, 0.1) is 5.92 Å². The highest BCUT2D eigenvalue weighted by Gasteiger charge is 2.81. The van der Waals surface area contributed by atoms with Crippen molar-refractivity contribution in [2.45, 2.75) is 89.2 Å². The Morgan fingerprint density at radius 3 is 2.09 bits per heavy atom. The summed E-state index contributed by atoms with van der Waals surface area (Å²) in [6, 6.07) is 7.17. The fourth-order valence-corrected chi connectivity index (χ4v) is 4.53. The third-order valence-corrected chi connectivity index (χ3v) is 7.22. The molecule has 0 fully saturated rings. The van der Waals surface area contributed by atoms with Gasteiger partial charge >= 0.3 is 23.9 Å². The number of allylic oxidation sites excluding steroid dienone is 4. The van der Waals surface area contributed by atoms with Gasteiger partial charge in [-0.3, -0.25) is 0 Å². The minimum atomic E-state index is -6.88. The van der Waals surface area contributed by atoms with Crippen molar-refractivity contribution in [1.82, 2.24) is 9.97 Å². The smallest absolute Gasteiger partial charge is 0.460 e. The van der Waals surface area contributed by atoms with E-state index in [1.165, 1.54) is 23.5 Å². The highest BCUT2D eigenvalue weighted by atomic mass is 19.4.